The third kappa shape index (κ3) is 1.81. The summed E-state index contributed by atoms with van der Waals surface area (Å²) in [6.07, 6.45) is 1.66. The van der Waals surface area contributed by atoms with Gasteiger partial charge in [-0.05, 0) is 18.4 Å². The number of benzene rings is 1. The Bertz CT molecular complexity index is 488. The van der Waals surface area contributed by atoms with Gasteiger partial charge in [0.05, 0.1) is 0 Å². The molecule has 0 fully saturated rings. The Labute approximate surface area is 88.1 Å². The molecule has 0 aliphatic heterocycles. The molecule has 1 N–H and O–H groups in total. The Hall–Kier alpha value is -1.90. The van der Waals surface area contributed by atoms with E-state index in [-0.39, 0.29) is 5.91 Å². The van der Waals surface area contributed by atoms with Crippen molar-refractivity contribution in [1.82, 2.24) is 10.3 Å². The van der Waals surface area contributed by atoms with Crippen LogP contribution < -0.4 is 5.32 Å². The maximum atomic E-state index is 11.7. The summed E-state index contributed by atoms with van der Waals surface area (Å²) in [5, 5.41) is 4.68. The molecule has 0 aliphatic carbocycles. The Morgan fingerprint density at radius 3 is 2.93 bits per heavy atom. The minimum absolute atomic E-state index is 0.116. The molecule has 1 amide bonds. The van der Waals surface area contributed by atoms with Crippen molar-refractivity contribution in [3.63, 3.8) is 0 Å². The number of hydrogen-bond acceptors (Lipinski definition) is 2. The second kappa shape index (κ2) is 4.09. The van der Waals surface area contributed by atoms with Gasteiger partial charge in [0.2, 0.25) is 0 Å². The molecule has 0 unspecified atom stereocenters. The van der Waals surface area contributed by atoms with E-state index in [0.717, 1.165) is 10.8 Å². The van der Waals surface area contributed by atoms with Gasteiger partial charge in [-0.15, -0.1) is 0 Å². The van der Waals surface area contributed by atoms with Crippen LogP contribution in [-0.2, 0) is 0 Å². The minimum Gasteiger partial charge on any atom is -0.351 e. The van der Waals surface area contributed by atoms with Gasteiger partial charge in [-0.2, -0.15) is 0 Å². The Morgan fingerprint density at radius 1 is 1.33 bits per heavy atom. The van der Waals surface area contributed by atoms with E-state index in [9.17, 15) is 4.79 Å². The van der Waals surface area contributed by atoms with E-state index in [4.69, 9.17) is 0 Å². The van der Waals surface area contributed by atoms with Crippen molar-refractivity contribution < 1.29 is 4.79 Å². The number of rotatable bonds is 2. The van der Waals surface area contributed by atoms with E-state index in [0.29, 0.717) is 12.2 Å². The smallest absolute Gasteiger partial charge is 0.270 e. The van der Waals surface area contributed by atoms with E-state index in [1.165, 1.54) is 0 Å². The molecule has 0 aliphatic rings. The third-order valence-corrected chi connectivity index (χ3v) is 2.23. The summed E-state index contributed by atoms with van der Waals surface area (Å²) >= 11 is 0. The largest absolute Gasteiger partial charge is 0.351 e. The van der Waals surface area contributed by atoms with Crippen molar-refractivity contribution >= 4 is 16.7 Å². The molecule has 0 spiro atoms. The quantitative estimate of drug-likeness (QED) is 0.805. The first kappa shape index (κ1) is 9.65. The molecule has 2 rings (SSSR count). The van der Waals surface area contributed by atoms with Gasteiger partial charge in [0.1, 0.15) is 5.69 Å². The Balaban J connectivity index is 2.56. The van der Waals surface area contributed by atoms with Crippen LogP contribution in [0.1, 0.15) is 17.4 Å². The number of nitrogens with zero attached hydrogens (tertiary/aromatic N) is 1. The fourth-order valence-electron chi connectivity index (χ4n) is 1.54. The molecule has 1 aromatic carbocycles. The lowest BCUT2D eigenvalue weighted by atomic mass is 10.1. The first-order chi connectivity index (χ1) is 7.33. The predicted octanol–water partition coefficient (Wildman–Crippen LogP) is 1.98. The number of carbonyl (C=O) groups is 1. The lowest BCUT2D eigenvalue weighted by molar-refractivity contribution is 0.0952. The zero-order valence-corrected chi connectivity index (χ0v) is 8.53. The van der Waals surface area contributed by atoms with Gasteiger partial charge >= 0.3 is 0 Å². The summed E-state index contributed by atoms with van der Waals surface area (Å²) in [5.41, 5.74) is 0.495. The maximum absolute atomic E-state index is 11.7. The van der Waals surface area contributed by atoms with Gasteiger partial charge in [0.25, 0.3) is 5.91 Å². The number of carbonyl (C=O) groups excluding carboxylic acids is 1. The maximum Gasteiger partial charge on any atom is 0.270 e. The Morgan fingerprint density at radius 2 is 2.13 bits per heavy atom. The number of hydrogen-bond donors (Lipinski definition) is 1. The third-order valence-electron chi connectivity index (χ3n) is 2.23. The lowest BCUT2D eigenvalue weighted by Gasteiger charge is -2.04. The Kier molecular flexibility index (Phi) is 2.63. The fourth-order valence-corrected chi connectivity index (χ4v) is 1.54. The van der Waals surface area contributed by atoms with E-state index in [2.05, 4.69) is 10.3 Å². The monoisotopic (exact) mass is 200 g/mol. The highest BCUT2D eigenvalue weighted by Crippen LogP contribution is 2.15. The van der Waals surface area contributed by atoms with Gasteiger partial charge in [-0.25, -0.2) is 0 Å². The highest BCUT2D eigenvalue weighted by molar-refractivity contribution is 6.05. The summed E-state index contributed by atoms with van der Waals surface area (Å²) in [7, 11) is 0. The molecule has 2 aromatic rings. The molecule has 0 bridgehead atoms. The molecule has 1 heterocycles. The molecule has 1 aromatic heterocycles. The minimum atomic E-state index is -0.116. The van der Waals surface area contributed by atoms with E-state index >= 15 is 0 Å². The van der Waals surface area contributed by atoms with Crippen LogP contribution >= 0.6 is 0 Å². The summed E-state index contributed by atoms with van der Waals surface area (Å²) in [6.45, 7) is 2.51. The van der Waals surface area contributed by atoms with Crippen LogP contribution in [0.15, 0.2) is 36.5 Å². The first-order valence-electron chi connectivity index (χ1n) is 4.95. The molecule has 3 nitrogen and oxygen atoms in total. The van der Waals surface area contributed by atoms with E-state index in [1.807, 2.05) is 37.3 Å². The average Bonchev–Trinajstić information content (AvgIpc) is 2.28. The fraction of sp³-hybridized carbons (Fsp3) is 0.167. The van der Waals surface area contributed by atoms with Crippen LogP contribution in [0.3, 0.4) is 0 Å². The van der Waals surface area contributed by atoms with Crippen LogP contribution in [0.2, 0.25) is 0 Å². The molecule has 0 saturated carbocycles. The SMILES string of the molecule is CCNC(=O)c1nccc2ccccc12. The number of aromatic nitrogens is 1. The van der Waals surface area contributed by atoms with Crippen molar-refractivity contribution in [1.29, 1.82) is 0 Å². The standard InChI is InChI=1S/C12H12N2O/c1-2-13-12(15)11-10-6-4-3-5-9(10)7-8-14-11/h3-8H,2H2,1H3,(H,13,15). The molecule has 3 heteroatoms. The van der Waals surface area contributed by atoms with Gasteiger partial charge in [0.15, 0.2) is 0 Å². The van der Waals surface area contributed by atoms with Crippen molar-refractivity contribution in [2.24, 2.45) is 0 Å². The highest BCUT2D eigenvalue weighted by Gasteiger charge is 2.09. The molecule has 15 heavy (non-hydrogen) atoms. The second-order valence-corrected chi connectivity index (χ2v) is 3.24. The van der Waals surface area contributed by atoms with Crippen LogP contribution in [0.5, 0.6) is 0 Å². The van der Waals surface area contributed by atoms with Crippen LogP contribution in [0.4, 0.5) is 0 Å². The van der Waals surface area contributed by atoms with E-state index < -0.39 is 0 Å². The number of amides is 1. The number of nitrogens with one attached hydrogen (secondary N) is 1. The van der Waals surface area contributed by atoms with Crippen molar-refractivity contribution in [3.8, 4) is 0 Å². The van der Waals surface area contributed by atoms with Crippen molar-refractivity contribution in [2.75, 3.05) is 6.54 Å². The molecular weight excluding hydrogens is 188 g/mol. The van der Waals surface area contributed by atoms with Crippen LogP contribution in [-0.4, -0.2) is 17.4 Å². The van der Waals surface area contributed by atoms with Crippen molar-refractivity contribution in [2.45, 2.75) is 6.92 Å². The summed E-state index contributed by atoms with van der Waals surface area (Å²) in [5.74, 6) is -0.116. The normalized spacial score (nSPS) is 10.2. The van der Waals surface area contributed by atoms with Crippen molar-refractivity contribution in [3.05, 3.63) is 42.2 Å². The zero-order valence-electron chi connectivity index (χ0n) is 8.53. The first-order valence-corrected chi connectivity index (χ1v) is 4.95. The zero-order chi connectivity index (χ0) is 10.7. The second-order valence-electron chi connectivity index (χ2n) is 3.24. The number of pyridine rings is 1. The summed E-state index contributed by atoms with van der Waals surface area (Å²) in [4.78, 5) is 15.8. The van der Waals surface area contributed by atoms with E-state index in [1.54, 1.807) is 6.20 Å². The van der Waals surface area contributed by atoms with Gasteiger partial charge in [-0.1, -0.05) is 24.3 Å². The van der Waals surface area contributed by atoms with Gasteiger partial charge in [0, 0.05) is 18.1 Å². The van der Waals surface area contributed by atoms with Gasteiger partial charge < -0.3 is 5.32 Å². The lowest BCUT2D eigenvalue weighted by Crippen LogP contribution is -2.23. The summed E-state index contributed by atoms with van der Waals surface area (Å²) in [6, 6.07) is 9.64. The molecule has 76 valence electrons. The topological polar surface area (TPSA) is 42.0 Å². The molecule has 0 radical (unpaired) electrons. The summed E-state index contributed by atoms with van der Waals surface area (Å²) < 4.78 is 0. The molecular formula is C12H12N2O. The molecule has 0 saturated heterocycles. The van der Waals surface area contributed by atoms with Gasteiger partial charge in [-0.3, -0.25) is 9.78 Å². The molecule has 0 atom stereocenters. The van der Waals surface area contributed by atoms with Crippen LogP contribution in [0, 0.1) is 0 Å². The average molecular weight is 200 g/mol. The van der Waals surface area contributed by atoms with Crippen LogP contribution in [0.25, 0.3) is 10.8 Å². The number of fused-ring (bicyclic) bond motifs is 1. The highest BCUT2D eigenvalue weighted by atomic mass is 16.1. The predicted molar refractivity (Wildman–Crippen MR) is 59.8 cm³/mol.